The van der Waals surface area contributed by atoms with Crippen LogP contribution in [0.3, 0.4) is 0 Å². The largest absolute Gasteiger partial charge is 0.756 e. The van der Waals surface area contributed by atoms with Gasteiger partial charge in [0.05, 0.1) is 27.7 Å². The number of esters is 2. The van der Waals surface area contributed by atoms with E-state index in [1.807, 2.05) is 21.1 Å². The molecule has 1 unspecified atom stereocenters. The Morgan fingerprint density at radius 2 is 1.11 bits per heavy atom. The van der Waals surface area contributed by atoms with E-state index in [4.69, 9.17) is 18.5 Å². The van der Waals surface area contributed by atoms with E-state index in [2.05, 4.69) is 25.2 Å². The number of phosphoric ester groups is 1. The molecule has 0 fully saturated rings. The van der Waals surface area contributed by atoms with E-state index in [1.54, 1.807) is 5.57 Å². The van der Waals surface area contributed by atoms with Gasteiger partial charge in [-0.2, -0.15) is 0 Å². The fourth-order valence-electron chi connectivity index (χ4n) is 6.79. The summed E-state index contributed by atoms with van der Waals surface area (Å²) in [6.07, 6.45) is 40.2. The average Bonchev–Trinajstić information content (AvgIpc) is 3.66. The first-order chi connectivity index (χ1) is 26.5. The third kappa shape index (κ3) is 35.4. The minimum Gasteiger partial charge on any atom is -0.756 e. The smallest absolute Gasteiger partial charge is 0.306 e. The monoisotopic (exact) mass is 798 g/mol. The van der Waals surface area contributed by atoms with Gasteiger partial charge < -0.3 is 27.9 Å². The Labute approximate surface area is 338 Å². The molecule has 1 aliphatic carbocycles. The number of nitrogens with zero attached hydrogens (tertiary/aromatic N) is 1. The van der Waals surface area contributed by atoms with Crippen molar-refractivity contribution in [1.29, 1.82) is 0 Å². The fraction of sp³-hybridized carbons (Fsp3) is 0.867. The second-order valence-corrected chi connectivity index (χ2v) is 18.3. The molecule has 1 rings (SSSR count). The third-order valence-electron chi connectivity index (χ3n) is 10.4. The maximum Gasteiger partial charge on any atom is 0.306 e. The summed E-state index contributed by atoms with van der Waals surface area (Å²) < 4.78 is 33.9. The Hall–Kier alpha value is -1.51. The molecule has 9 nitrogen and oxygen atoms in total. The normalized spacial score (nSPS) is 14.5. The minimum atomic E-state index is -4.62. The van der Waals surface area contributed by atoms with E-state index in [0.29, 0.717) is 17.4 Å². The van der Waals surface area contributed by atoms with Gasteiger partial charge in [-0.1, -0.05) is 178 Å². The summed E-state index contributed by atoms with van der Waals surface area (Å²) in [4.78, 5) is 37.5. The van der Waals surface area contributed by atoms with Gasteiger partial charge in [-0.25, -0.2) is 0 Å². The highest BCUT2D eigenvalue weighted by molar-refractivity contribution is 7.45. The number of carbonyl (C=O) groups excluding carboxylic acids is 2. The summed E-state index contributed by atoms with van der Waals surface area (Å²) in [6, 6.07) is 0. The Balaban J connectivity index is 2.22. The first kappa shape index (κ1) is 51.5. The lowest BCUT2D eigenvalue weighted by Gasteiger charge is -2.28. The van der Waals surface area contributed by atoms with Crippen molar-refractivity contribution in [2.45, 2.75) is 206 Å². The molecule has 0 aliphatic heterocycles. The molecule has 0 spiro atoms. The van der Waals surface area contributed by atoms with E-state index in [9.17, 15) is 19.0 Å². The second kappa shape index (κ2) is 34.5. The van der Waals surface area contributed by atoms with Gasteiger partial charge >= 0.3 is 11.9 Å². The van der Waals surface area contributed by atoms with Crippen molar-refractivity contribution in [3.8, 4) is 0 Å². The summed E-state index contributed by atoms with van der Waals surface area (Å²) in [7, 11) is 1.18. The van der Waals surface area contributed by atoms with Crippen molar-refractivity contribution >= 4 is 19.8 Å². The van der Waals surface area contributed by atoms with Crippen LogP contribution in [0.15, 0.2) is 23.8 Å². The Bertz CT molecular complexity index is 1060. The van der Waals surface area contributed by atoms with Gasteiger partial charge in [0.2, 0.25) is 0 Å². The quantitative estimate of drug-likeness (QED) is 0.0261. The number of phosphoric acid groups is 1. The number of carbonyl (C=O) groups is 2. The van der Waals surface area contributed by atoms with E-state index in [0.717, 1.165) is 44.9 Å². The molecule has 0 bridgehead atoms. The maximum atomic E-state index is 12.7. The zero-order valence-electron chi connectivity index (χ0n) is 36.0. The molecule has 0 N–H and O–H groups in total. The SMILES string of the molecule is CCCCCCCCCCCCCCCC(=O)OC[C@H](COP(=O)([O-])OCC[N+](C)(C)C)OC(=O)CCCCCCCCCCCCCCCC1=CC=CC1. The van der Waals surface area contributed by atoms with Crippen LogP contribution >= 0.6 is 7.82 Å². The zero-order chi connectivity index (χ0) is 40.3. The van der Waals surface area contributed by atoms with Crippen molar-refractivity contribution in [3.63, 3.8) is 0 Å². The molecule has 0 amide bonds. The number of hydrogen-bond acceptors (Lipinski definition) is 8. The van der Waals surface area contributed by atoms with Crippen molar-refractivity contribution in [2.75, 3.05) is 47.5 Å². The Morgan fingerprint density at radius 3 is 1.56 bits per heavy atom. The summed E-state index contributed by atoms with van der Waals surface area (Å²) in [6.45, 7) is 1.99. The van der Waals surface area contributed by atoms with E-state index < -0.39 is 26.5 Å². The summed E-state index contributed by atoms with van der Waals surface area (Å²) in [5.41, 5.74) is 1.59. The lowest BCUT2D eigenvalue weighted by Crippen LogP contribution is -2.37. The lowest BCUT2D eigenvalue weighted by atomic mass is 10.0. The molecule has 322 valence electrons. The van der Waals surface area contributed by atoms with Crippen molar-refractivity contribution < 1.29 is 42.1 Å². The third-order valence-corrected chi connectivity index (χ3v) is 11.3. The highest BCUT2D eigenvalue weighted by Crippen LogP contribution is 2.38. The first-order valence-corrected chi connectivity index (χ1v) is 24.1. The summed E-state index contributed by atoms with van der Waals surface area (Å²) >= 11 is 0. The molecule has 0 aromatic heterocycles. The first-order valence-electron chi connectivity index (χ1n) is 22.6. The van der Waals surface area contributed by atoms with Gasteiger partial charge in [-0.3, -0.25) is 14.2 Å². The van der Waals surface area contributed by atoms with Crippen LogP contribution in [0.4, 0.5) is 0 Å². The van der Waals surface area contributed by atoms with Crippen molar-refractivity contribution in [3.05, 3.63) is 23.8 Å². The molecule has 0 aromatic rings. The van der Waals surface area contributed by atoms with Gasteiger partial charge in [0.1, 0.15) is 19.8 Å². The van der Waals surface area contributed by atoms with Gasteiger partial charge in [0.25, 0.3) is 7.82 Å². The van der Waals surface area contributed by atoms with Crippen LogP contribution in [0.5, 0.6) is 0 Å². The summed E-state index contributed by atoms with van der Waals surface area (Å²) in [5.74, 6) is -0.824. The fourth-order valence-corrected chi connectivity index (χ4v) is 7.52. The predicted octanol–water partition coefficient (Wildman–Crippen LogP) is 11.9. The van der Waals surface area contributed by atoms with Gasteiger partial charge in [0.15, 0.2) is 6.10 Å². The van der Waals surface area contributed by atoms with Crippen LogP contribution in [-0.2, 0) is 32.7 Å². The lowest BCUT2D eigenvalue weighted by molar-refractivity contribution is -0.870. The average molecular weight is 798 g/mol. The molecular formula is C45H84NO8P. The van der Waals surface area contributed by atoms with Crippen LogP contribution in [0.25, 0.3) is 0 Å². The van der Waals surface area contributed by atoms with Crippen LogP contribution in [0.2, 0.25) is 0 Å². The van der Waals surface area contributed by atoms with Crippen LogP contribution in [0, 0.1) is 0 Å². The number of quaternary nitrogens is 1. The Morgan fingerprint density at radius 1 is 0.655 bits per heavy atom. The predicted molar refractivity (Wildman–Crippen MR) is 225 cm³/mol. The Kier molecular flexibility index (Phi) is 32.3. The van der Waals surface area contributed by atoms with Crippen molar-refractivity contribution in [1.82, 2.24) is 0 Å². The van der Waals surface area contributed by atoms with Crippen molar-refractivity contribution in [2.24, 2.45) is 0 Å². The van der Waals surface area contributed by atoms with E-state index in [1.165, 1.54) is 128 Å². The summed E-state index contributed by atoms with van der Waals surface area (Å²) in [5, 5.41) is 0. The van der Waals surface area contributed by atoms with Gasteiger partial charge in [-0.15, -0.1) is 0 Å². The number of likely N-dealkylation sites (N-methyl/N-ethyl adjacent to an activating group) is 1. The number of unbranched alkanes of at least 4 members (excludes halogenated alkanes) is 24. The van der Waals surface area contributed by atoms with E-state index in [-0.39, 0.29) is 32.0 Å². The maximum absolute atomic E-state index is 12.7. The number of ether oxygens (including phenoxy) is 2. The topological polar surface area (TPSA) is 111 Å². The zero-order valence-corrected chi connectivity index (χ0v) is 36.9. The van der Waals surface area contributed by atoms with Crippen LogP contribution in [0.1, 0.15) is 200 Å². The molecule has 0 saturated heterocycles. The van der Waals surface area contributed by atoms with Crippen LogP contribution in [-0.4, -0.2) is 70.0 Å². The molecule has 2 atom stereocenters. The number of allylic oxidation sites excluding steroid dienone is 4. The van der Waals surface area contributed by atoms with E-state index >= 15 is 0 Å². The second-order valence-electron chi connectivity index (χ2n) is 16.9. The van der Waals surface area contributed by atoms with Crippen LogP contribution < -0.4 is 4.89 Å². The van der Waals surface area contributed by atoms with Gasteiger partial charge in [0, 0.05) is 12.8 Å². The number of hydrogen-bond donors (Lipinski definition) is 0. The molecule has 10 heteroatoms. The molecule has 1 aliphatic rings. The van der Waals surface area contributed by atoms with Gasteiger partial charge in [-0.05, 0) is 32.1 Å². The highest BCUT2D eigenvalue weighted by atomic mass is 31.2. The standard InChI is InChI=1S/C45H84NO8P/c1-5-6-7-8-9-10-11-13-17-20-23-26-29-36-44(47)51-40-43(41-53-55(49,50)52-39-38-46(2,3)4)54-45(48)37-30-27-24-21-18-15-12-14-16-19-22-25-28-33-42-34-31-32-35-42/h31-32,34,43H,5-30,33,35-41H2,1-4H3/t43-/m1/s1. The minimum absolute atomic E-state index is 0.0275. The molecular weight excluding hydrogens is 713 g/mol. The highest BCUT2D eigenvalue weighted by Gasteiger charge is 2.21. The molecule has 0 saturated carbocycles. The molecule has 55 heavy (non-hydrogen) atoms. The molecule has 0 heterocycles. The number of rotatable bonds is 40. The molecule has 0 aromatic carbocycles. The molecule has 0 radical (unpaired) electrons.